The van der Waals surface area contributed by atoms with Crippen LogP contribution in [0, 0.1) is 5.92 Å². The van der Waals surface area contributed by atoms with E-state index in [2.05, 4.69) is 4.72 Å². The molecule has 2 rings (SSSR count). The van der Waals surface area contributed by atoms with Crippen molar-refractivity contribution in [3.05, 3.63) is 0 Å². The number of sulfonamides is 1. The Kier molecular flexibility index (Phi) is 6.01. The van der Waals surface area contributed by atoms with Gasteiger partial charge in [0.2, 0.25) is 15.9 Å². The Morgan fingerprint density at radius 1 is 1.33 bits per heavy atom. The molecule has 6 nitrogen and oxygen atoms in total. The number of carbonyl (C=O) groups is 1. The normalized spacial score (nSPS) is 27.0. The summed E-state index contributed by atoms with van der Waals surface area (Å²) in [5.74, 6) is 0.398. The summed E-state index contributed by atoms with van der Waals surface area (Å²) in [7, 11) is -3.15. The van der Waals surface area contributed by atoms with E-state index in [0.29, 0.717) is 19.5 Å². The molecule has 1 N–H and O–H groups in total. The van der Waals surface area contributed by atoms with E-state index in [1.165, 1.54) is 6.26 Å². The monoisotopic (exact) mass is 318 g/mol. The van der Waals surface area contributed by atoms with Crippen LogP contribution in [-0.4, -0.2) is 57.8 Å². The summed E-state index contributed by atoms with van der Waals surface area (Å²) in [6, 6.07) is 0. The van der Waals surface area contributed by atoms with Gasteiger partial charge in [0.05, 0.1) is 12.4 Å². The number of ether oxygens (including phenoxy) is 1. The number of piperidine rings is 1. The largest absolute Gasteiger partial charge is 0.378 e. The number of carbonyl (C=O) groups excluding carboxylic acids is 1. The van der Waals surface area contributed by atoms with Crippen molar-refractivity contribution in [2.24, 2.45) is 5.92 Å². The molecule has 0 radical (unpaired) electrons. The molecule has 0 aliphatic carbocycles. The van der Waals surface area contributed by atoms with Gasteiger partial charge in [-0.2, -0.15) is 0 Å². The minimum atomic E-state index is -3.15. The van der Waals surface area contributed by atoms with Crippen LogP contribution in [0.1, 0.15) is 38.5 Å². The van der Waals surface area contributed by atoms with E-state index in [1.54, 1.807) is 0 Å². The Bertz CT molecular complexity index is 446. The quantitative estimate of drug-likeness (QED) is 0.783. The summed E-state index contributed by atoms with van der Waals surface area (Å²) in [6.07, 6.45) is 6.84. The third-order valence-corrected chi connectivity index (χ3v) is 4.90. The van der Waals surface area contributed by atoms with E-state index >= 15 is 0 Å². The molecule has 2 heterocycles. The molecule has 0 aromatic heterocycles. The molecule has 0 aromatic carbocycles. The van der Waals surface area contributed by atoms with Gasteiger partial charge in [-0.25, -0.2) is 13.1 Å². The first-order valence-electron chi connectivity index (χ1n) is 7.78. The third kappa shape index (κ3) is 5.92. The van der Waals surface area contributed by atoms with Crippen LogP contribution in [0.2, 0.25) is 0 Å². The van der Waals surface area contributed by atoms with Crippen molar-refractivity contribution in [3.63, 3.8) is 0 Å². The minimum absolute atomic E-state index is 0.176. The molecule has 2 aliphatic heterocycles. The fourth-order valence-corrected chi connectivity index (χ4v) is 3.58. The molecule has 7 heteroatoms. The van der Waals surface area contributed by atoms with Crippen molar-refractivity contribution < 1.29 is 17.9 Å². The predicted octanol–water partition coefficient (Wildman–Crippen LogP) is 0.733. The number of nitrogens with one attached hydrogen (secondary N) is 1. The fraction of sp³-hybridized carbons (Fsp3) is 0.929. The number of amides is 1. The molecule has 0 unspecified atom stereocenters. The zero-order valence-corrected chi connectivity index (χ0v) is 13.5. The number of hydrogen-bond donors (Lipinski definition) is 1. The second-order valence-corrected chi connectivity index (χ2v) is 7.98. The van der Waals surface area contributed by atoms with Crippen molar-refractivity contribution in [3.8, 4) is 0 Å². The van der Waals surface area contributed by atoms with E-state index in [4.69, 9.17) is 4.74 Å². The van der Waals surface area contributed by atoms with Gasteiger partial charge in [0.1, 0.15) is 0 Å². The third-order valence-electron chi connectivity index (χ3n) is 4.21. The zero-order valence-electron chi connectivity index (χ0n) is 12.7. The van der Waals surface area contributed by atoms with Crippen molar-refractivity contribution in [2.75, 3.05) is 32.5 Å². The van der Waals surface area contributed by atoms with Gasteiger partial charge in [-0.3, -0.25) is 4.79 Å². The molecule has 0 spiro atoms. The molecule has 1 amide bonds. The highest BCUT2D eigenvalue weighted by Gasteiger charge is 2.25. The number of rotatable bonds is 6. The summed E-state index contributed by atoms with van der Waals surface area (Å²) in [4.78, 5) is 14.1. The van der Waals surface area contributed by atoms with Crippen LogP contribution in [0.3, 0.4) is 0 Å². The van der Waals surface area contributed by atoms with Gasteiger partial charge in [-0.1, -0.05) is 0 Å². The van der Waals surface area contributed by atoms with Gasteiger partial charge in [-0.05, 0) is 38.0 Å². The highest BCUT2D eigenvalue weighted by Crippen LogP contribution is 2.20. The van der Waals surface area contributed by atoms with Gasteiger partial charge in [-0.15, -0.1) is 0 Å². The van der Waals surface area contributed by atoms with E-state index in [9.17, 15) is 13.2 Å². The average Bonchev–Trinajstić information content (AvgIpc) is 2.95. The van der Waals surface area contributed by atoms with Crippen molar-refractivity contribution in [1.82, 2.24) is 9.62 Å². The van der Waals surface area contributed by atoms with E-state index in [-0.39, 0.29) is 17.9 Å². The Morgan fingerprint density at radius 3 is 2.81 bits per heavy atom. The second kappa shape index (κ2) is 7.56. The standard InChI is InChI=1S/C14H26N2O4S/c1-21(18,19)15-10-12-4-2-8-16(11-12)14(17)7-6-13-5-3-9-20-13/h12-13,15H,2-11H2,1H3/t12-,13-/m0/s1. The molecular weight excluding hydrogens is 292 g/mol. The topological polar surface area (TPSA) is 75.7 Å². The van der Waals surface area contributed by atoms with Crippen molar-refractivity contribution in [2.45, 2.75) is 44.6 Å². The van der Waals surface area contributed by atoms with Gasteiger partial charge in [0.25, 0.3) is 0 Å². The van der Waals surface area contributed by atoms with Gasteiger partial charge in [0.15, 0.2) is 0 Å². The minimum Gasteiger partial charge on any atom is -0.378 e. The lowest BCUT2D eigenvalue weighted by atomic mass is 9.98. The molecule has 0 saturated carbocycles. The van der Waals surface area contributed by atoms with Crippen LogP contribution in [-0.2, 0) is 19.6 Å². The van der Waals surface area contributed by atoms with E-state index in [1.807, 2.05) is 4.90 Å². The predicted molar refractivity (Wildman–Crippen MR) is 80.4 cm³/mol. The van der Waals surface area contributed by atoms with Gasteiger partial charge < -0.3 is 9.64 Å². The number of nitrogens with zero attached hydrogens (tertiary/aromatic N) is 1. The Labute approximate surface area is 127 Å². The molecule has 0 bridgehead atoms. The zero-order chi connectivity index (χ0) is 15.3. The van der Waals surface area contributed by atoms with Crippen LogP contribution in [0.15, 0.2) is 0 Å². The van der Waals surface area contributed by atoms with Crippen LogP contribution >= 0.6 is 0 Å². The lowest BCUT2D eigenvalue weighted by Crippen LogP contribution is -2.43. The molecule has 2 atom stereocenters. The number of likely N-dealkylation sites (tertiary alicyclic amines) is 1. The Balaban J connectivity index is 1.73. The van der Waals surface area contributed by atoms with Crippen LogP contribution < -0.4 is 4.72 Å². The first-order chi connectivity index (χ1) is 9.94. The summed E-state index contributed by atoms with van der Waals surface area (Å²) in [6.45, 7) is 2.70. The van der Waals surface area contributed by atoms with Gasteiger partial charge in [0, 0.05) is 32.7 Å². The van der Waals surface area contributed by atoms with Crippen LogP contribution in [0.4, 0.5) is 0 Å². The SMILES string of the molecule is CS(=O)(=O)NC[C@@H]1CCCN(C(=O)CC[C@@H]2CCCO2)C1. The summed E-state index contributed by atoms with van der Waals surface area (Å²) >= 11 is 0. The molecular formula is C14H26N2O4S. The fourth-order valence-electron chi connectivity index (χ4n) is 3.04. The average molecular weight is 318 g/mol. The Hall–Kier alpha value is -0.660. The molecule has 2 aliphatic rings. The Morgan fingerprint density at radius 2 is 2.14 bits per heavy atom. The van der Waals surface area contributed by atoms with Crippen LogP contribution in [0.5, 0.6) is 0 Å². The highest BCUT2D eigenvalue weighted by molar-refractivity contribution is 7.88. The molecule has 122 valence electrons. The lowest BCUT2D eigenvalue weighted by molar-refractivity contribution is -0.133. The van der Waals surface area contributed by atoms with Crippen molar-refractivity contribution >= 4 is 15.9 Å². The molecule has 0 aromatic rings. The summed E-state index contributed by atoms with van der Waals surface area (Å²) in [5, 5.41) is 0. The summed E-state index contributed by atoms with van der Waals surface area (Å²) in [5.41, 5.74) is 0. The highest BCUT2D eigenvalue weighted by atomic mass is 32.2. The maximum Gasteiger partial charge on any atom is 0.222 e. The summed E-state index contributed by atoms with van der Waals surface area (Å²) < 4.78 is 30.3. The van der Waals surface area contributed by atoms with Crippen LogP contribution in [0.25, 0.3) is 0 Å². The maximum absolute atomic E-state index is 12.2. The van der Waals surface area contributed by atoms with Crippen molar-refractivity contribution in [1.29, 1.82) is 0 Å². The smallest absolute Gasteiger partial charge is 0.222 e. The second-order valence-electron chi connectivity index (χ2n) is 6.14. The van der Waals surface area contributed by atoms with E-state index < -0.39 is 10.0 Å². The first-order valence-corrected chi connectivity index (χ1v) is 9.67. The first kappa shape index (κ1) is 16.7. The number of hydrogen-bond acceptors (Lipinski definition) is 4. The lowest BCUT2D eigenvalue weighted by Gasteiger charge is -2.33. The van der Waals surface area contributed by atoms with Gasteiger partial charge >= 0.3 is 0 Å². The molecule has 2 fully saturated rings. The van der Waals surface area contributed by atoms with E-state index in [0.717, 1.165) is 45.3 Å². The maximum atomic E-state index is 12.2. The molecule has 21 heavy (non-hydrogen) atoms. The molecule has 2 saturated heterocycles.